The van der Waals surface area contributed by atoms with Gasteiger partial charge in [-0.05, 0) is 30.2 Å². The highest BCUT2D eigenvalue weighted by Gasteiger charge is 2.31. The van der Waals surface area contributed by atoms with E-state index in [-0.39, 0.29) is 10.8 Å². The summed E-state index contributed by atoms with van der Waals surface area (Å²) < 4.78 is 39.7. The molecule has 2 heterocycles. The molecule has 108 valence electrons. The van der Waals surface area contributed by atoms with Crippen molar-refractivity contribution < 1.29 is 13.2 Å². The summed E-state index contributed by atoms with van der Waals surface area (Å²) >= 11 is 3.81. The summed E-state index contributed by atoms with van der Waals surface area (Å²) in [4.78, 5) is 4.08. The standard InChI is InChI=1S/C10H9F3N4S3/c1-14-6-3-5(10(11,12)13)4-7(15-6)19-9-17-16-8(18-2)20-9/h3-4H,1-2H3,(H,14,15). The Hall–Kier alpha value is -1.00. The van der Waals surface area contributed by atoms with Gasteiger partial charge in [0.05, 0.1) is 5.56 Å². The number of thioether (sulfide) groups is 1. The zero-order chi connectivity index (χ0) is 14.8. The van der Waals surface area contributed by atoms with Crippen LogP contribution in [0.25, 0.3) is 0 Å². The third-order valence-electron chi connectivity index (χ3n) is 2.14. The van der Waals surface area contributed by atoms with Gasteiger partial charge in [0.25, 0.3) is 0 Å². The fraction of sp³-hybridized carbons (Fsp3) is 0.300. The third-order valence-corrected chi connectivity index (χ3v) is 5.01. The van der Waals surface area contributed by atoms with E-state index >= 15 is 0 Å². The number of hydrogen-bond donors (Lipinski definition) is 1. The molecule has 2 rings (SSSR count). The number of aromatic nitrogens is 3. The van der Waals surface area contributed by atoms with Crippen LogP contribution in [0.15, 0.2) is 25.8 Å². The molecule has 0 aromatic carbocycles. The third kappa shape index (κ3) is 3.76. The molecule has 10 heteroatoms. The van der Waals surface area contributed by atoms with Crippen LogP contribution in [0.4, 0.5) is 19.0 Å². The van der Waals surface area contributed by atoms with Crippen LogP contribution in [0, 0.1) is 0 Å². The SMILES string of the molecule is CNc1cc(C(F)(F)F)cc(Sc2nnc(SC)s2)n1. The first-order chi connectivity index (χ1) is 9.42. The molecule has 1 N–H and O–H groups in total. The van der Waals surface area contributed by atoms with Gasteiger partial charge in [0, 0.05) is 7.05 Å². The smallest absolute Gasteiger partial charge is 0.373 e. The minimum atomic E-state index is -4.41. The Bertz CT molecular complexity index is 600. The van der Waals surface area contributed by atoms with Crippen LogP contribution in [0.5, 0.6) is 0 Å². The average molecular weight is 338 g/mol. The van der Waals surface area contributed by atoms with Crippen molar-refractivity contribution in [2.24, 2.45) is 0 Å². The Kier molecular flexibility index (Phi) is 4.76. The van der Waals surface area contributed by atoms with Crippen molar-refractivity contribution in [3.63, 3.8) is 0 Å². The van der Waals surface area contributed by atoms with Gasteiger partial charge in [-0.15, -0.1) is 10.2 Å². The summed E-state index contributed by atoms with van der Waals surface area (Å²) in [5.41, 5.74) is -0.742. The summed E-state index contributed by atoms with van der Waals surface area (Å²) in [6.45, 7) is 0. The Morgan fingerprint density at radius 2 is 1.90 bits per heavy atom. The van der Waals surface area contributed by atoms with Gasteiger partial charge in [-0.25, -0.2) is 4.98 Å². The Balaban J connectivity index is 2.31. The lowest BCUT2D eigenvalue weighted by Crippen LogP contribution is -2.07. The van der Waals surface area contributed by atoms with Crippen LogP contribution in [0.2, 0.25) is 0 Å². The van der Waals surface area contributed by atoms with Crippen molar-refractivity contribution in [1.82, 2.24) is 15.2 Å². The summed E-state index contributed by atoms with van der Waals surface area (Å²) in [6.07, 6.45) is -2.55. The van der Waals surface area contributed by atoms with E-state index in [0.717, 1.165) is 28.2 Å². The zero-order valence-electron chi connectivity index (χ0n) is 10.4. The molecule has 0 atom stereocenters. The first kappa shape index (κ1) is 15.4. The second-order valence-electron chi connectivity index (χ2n) is 3.47. The summed E-state index contributed by atoms with van der Waals surface area (Å²) in [5, 5.41) is 10.6. The van der Waals surface area contributed by atoms with Crippen LogP contribution >= 0.6 is 34.9 Å². The molecule has 0 fully saturated rings. The summed E-state index contributed by atoms with van der Waals surface area (Å²) in [5.74, 6) is 0.164. The number of nitrogens with one attached hydrogen (secondary N) is 1. The first-order valence-electron chi connectivity index (χ1n) is 5.24. The number of nitrogens with zero attached hydrogens (tertiary/aromatic N) is 3. The van der Waals surface area contributed by atoms with Gasteiger partial charge in [-0.3, -0.25) is 0 Å². The predicted molar refractivity (Wildman–Crippen MR) is 74.6 cm³/mol. The van der Waals surface area contributed by atoms with E-state index in [1.165, 1.54) is 30.1 Å². The van der Waals surface area contributed by atoms with Gasteiger partial charge in [-0.1, -0.05) is 23.1 Å². The quantitative estimate of drug-likeness (QED) is 0.854. The molecule has 0 unspecified atom stereocenters. The van der Waals surface area contributed by atoms with Crippen molar-refractivity contribution in [1.29, 1.82) is 0 Å². The maximum absolute atomic E-state index is 12.8. The zero-order valence-corrected chi connectivity index (χ0v) is 12.8. The van der Waals surface area contributed by atoms with E-state index in [9.17, 15) is 13.2 Å². The highest BCUT2D eigenvalue weighted by atomic mass is 32.2. The van der Waals surface area contributed by atoms with Gasteiger partial charge in [-0.2, -0.15) is 13.2 Å². The Morgan fingerprint density at radius 3 is 2.45 bits per heavy atom. The minimum absolute atomic E-state index is 0.164. The second kappa shape index (κ2) is 6.19. The number of anilines is 1. The maximum atomic E-state index is 12.8. The number of alkyl halides is 3. The molecule has 0 aliphatic rings. The molecule has 0 spiro atoms. The van der Waals surface area contributed by atoms with Crippen molar-refractivity contribution in [2.75, 3.05) is 18.6 Å². The van der Waals surface area contributed by atoms with Gasteiger partial charge >= 0.3 is 6.18 Å². The van der Waals surface area contributed by atoms with Gasteiger partial charge in [0.15, 0.2) is 8.68 Å². The minimum Gasteiger partial charge on any atom is -0.373 e. The van der Waals surface area contributed by atoms with Crippen LogP contribution < -0.4 is 5.32 Å². The largest absolute Gasteiger partial charge is 0.416 e. The normalized spacial score (nSPS) is 11.7. The van der Waals surface area contributed by atoms with E-state index in [0.29, 0.717) is 4.34 Å². The number of rotatable bonds is 4. The van der Waals surface area contributed by atoms with E-state index in [4.69, 9.17) is 0 Å². The molecule has 0 amide bonds. The van der Waals surface area contributed by atoms with Crippen molar-refractivity contribution in [3.05, 3.63) is 17.7 Å². The van der Waals surface area contributed by atoms with Crippen molar-refractivity contribution >= 4 is 40.7 Å². The van der Waals surface area contributed by atoms with Gasteiger partial charge in [0.1, 0.15) is 10.8 Å². The van der Waals surface area contributed by atoms with Crippen molar-refractivity contribution in [3.8, 4) is 0 Å². The highest BCUT2D eigenvalue weighted by molar-refractivity contribution is 8.02. The maximum Gasteiger partial charge on any atom is 0.416 e. The van der Waals surface area contributed by atoms with E-state index in [1.807, 2.05) is 6.26 Å². The van der Waals surface area contributed by atoms with Crippen molar-refractivity contribution in [2.45, 2.75) is 19.9 Å². The molecular formula is C10H9F3N4S3. The number of halogens is 3. The molecule has 2 aromatic heterocycles. The topological polar surface area (TPSA) is 50.7 Å². The fourth-order valence-corrected chi connectivity index (χ4v) is 3.67. The van der Waals surface area contributed by atoms with Crippen LogP contribution in [0.3, 0.4) is 0 Å². The molecule has 2 aromatic rings. The molecule has 0 saturated heterocycles. The number of pyridine rings is 1. The second-order valence-corrected chi connectivity index (χ2v) is 6.77. The summed E-state index contributed by atoms with van der Waals surface area (Å²) in [6, 6.07) is 1.98. The molecule has 0 aliphatic heterocycles. The molecule has 0 bridgehead atoms. The summed E-state index contributed by atoms with van der Waals surface area (Å²) in [7, 11) is 1.52. The molecule has 0 radical (unpaired) electrons. The average Bonchev–Trinajstić information content (AvgIpc) is 2.85. The molecule has 20 heavy (non-hydrogen) atoms. The van der Waals surface area contributed by atoms with E-state index < -0.39 is 11.7 Å². The first-order valence-corrected chi connectivity index (χ1v) is 8.10. The Labute approximate surface area is 125 Å². The van der Waals surface area contributed by atoms with Crippen LogP contribution in [0.1, 0.15) is 5.56 Å². The monoisotopic (exact) mass is 338 g/mol. The lowest BCUT2D eigenvalue weighted by molar-refractivity contribution is -0.137. The molecule has 0 saturated carbocycles. The van der Waals surface area contributed by atoms with Crippen LogP contribution in [-0.4, -0.2) is 28.5 Å². The lowest BCUT2D eigenvalue weighted by Gasteiger charge is -2.10. The molecule has 0 aliphatic carbocycles. The molecule has 4 nitrogen and oxygen atoms in total. The van der Waals surface area contributed by atoms with Gasteiger partial charge in [0.2, 0.25) is 0 Å². The van der Waals surface area contributed by atoms with Crippen LogP contribution in [-0.2, 0) is 6.18 Å². The number of hydrogen-bond acceptors (Lipinski definition) is 7. The Morgan fingerprint density at radius 1 is 1.20 bits per heavy atom. The lowest BCUT2D eigenvalue weighted by atomic mass is 10.2. The highest BCUT2D eigenvalue weighted by Crippen LogP contribution is 2.36. The van der Waals surface area contributed by atoms with E-state index in [2.05, 4.69) is 20.5 Å². The fourth-order valence-electron chi connectivity index (χ4n) is 1.26. The van der Waals surface area contributed by atoms with Gasteiger partial charge < -0.3 is 5.32 Å². The molecular weight excluding hydrogens is 329 g/mol. The predicted octanol–water partition coefficient (Wildman–Crippen LogP) is 3.87. The van der Waals surface area contributed by atoms with E-state index in [1.54, 1.807) is 0 Å².